The second kappa shape index (κ2) is 7.12. The average molecular weight is 293 g/mol. The van der Waals surface area contributed by atoms with E-state index >= 15 is 0 Å². The average Bonchev–Trinajstić information content (AvgIpc) is 2.98. The van der Waals surface area contributed by atoms with Gasteiger partial charge >= 0.3 is 5.69 Å². The summed E-state index contributed by atoms with van der Waals surface area (Å²) in [5.41, 5.74) is -0.178. The van der Waals surface area contributed by atoms with E-state index in [2.05, 4.69) is 30.7 Å². The van der Waals surface area contributed by atoms with Crippen LogP contribution in [0.4, 0.5) is 17.5 Å². The third kappa shape index (κ3) is 4.09. The minimum atomic E-state index is -0.529. The van der Waals surface area contributed by atoms with Crippen molar-refractivity contribution in [3.63, 3.8) is 0 Å². The molecule has 0 aliphatic rings. The molecule has 0 saturated carbocycles. The van der Waals surface area contributed by atoms with E-state index in [1.165, 1.54) is 12.5 Å². The van der Waals surface area contributed by atoms with Crippen LogP contribution < -0.4 is 10.6 Å². The normalized spacial score (nSPS) is 10.3. The van der Waals surface area contributed by atoms with Gasteiger partial charge in [-0.3, -0.25) is 10.1 Å². The number of hydrogen-bond donors (Lipinski definition) is 2. The van der Waals surface area contributed by atoms with E-state index in [-0.39, 0.29) is 11.5 Å². The lowest BCUT2D eigenvalue weighted by Crippen LogP contribution is -2.12. The van der Waals surface area contributed by atoms with Crippen LogP contribution in [-0.2, 0) is 6.42 Å². The van der Waals surface area contributed by atoms with Crippen molar-refractivity contribution < 1.29 is 9.45 Å². The Morgan fingerprint density at radius 3 is 2.86 bits per heavy atom. The van der Waals surface area contributed by atoms with Gasteiger partial charge in [-0.15, -0.1) is 0 Å². The van der Waals surface area contributed by atoms with Crippen LogP contribution in [0.1, 0.15) is 19.2 Å². The first-order chi connectivity index (χ1) is 10.2. The molecule has 0 atom stereocenters. The van der Waals surface area contributed by atoms with Crippen molar-refractivity contribution in [2.24, 2.45) is 0 Å². The van der Waals surface area contributed by atoms with Gasteiger partial charge < -0.3 is 15.2 Å². The summed E-state index contributed by atoms with van der Waals surface area (Å²) in [5, 5.41) is 20.3. The van der Waals surface area contributed by atoms with Crippen LogP contribution in [0, 0.1) is 10.1 Å². The van der Waals surface area contributed by atoms with Gasteiger partial charge in [0.15, 0.2) is 6.33 Å². The van der Waals surface area contributed by atoms with E-state index < -0.39 is 4.92 Å². The molecule has 0 fully saturated rings. The predicted molar refractivity (Wildman–Crippen MR) is 74.0 cm³/mol. The molecule has 10 heteroatoms. The summed E-state index contributed by atoms with van der Waals surface area (Å²) < 4.78 is 4.85. The summed E-state index contributed by atoms with van der Waals surface area (Å²) in [7, 11) is 0. The highest BCUT2D eigenvalue weighted by atomic mass is 16.6. The molecule has 2 aromatic rings. The monoisotopic (exact) mass is 293 g/mol. The third-order valence-electron chi connectivity index (χ3n) is 2.54. The zero-order chi connectivity index (χ0) is 15.1. The van der Waals surface area contributed by atoms with Crippen LogP contribution in [0.25, 0.3) is 0 Å². The van der Waals surface area contributed by atoms with Gasteiger partial charge in [-0.1, -0.05) is 12.1 Å². The van der Waals surface area contributed by atoms with E-state index in [0.717, 1.165) is 6.42 Å². The molecular weight excluding hydrogens is 278 g/mol. The van der Waals surface area contributed by atoms with E-state index in [1.807, 2.05) is 6.92 Å². The van der Waals surface area contributed by atoms with Crippen molar-refractivity contribution in [1.29, 1.82) is 0 Å². The number of hydrogen-bond acceptors (Lipinski definition) is 9. The molecule has 0 aliphatic heterocycles. The summed E-state index contributed by atoms with van der Waals surface area (Å²) in [6.07, 6.45) is 3.83. The first kappa shape index (κ1) is 14.6. The highest BCUT2D eigenvalue weighted by molar-refractivity contribution is 5.56. The van der Waals surface area contributed by atoms with Crippen LogP contribution in [0.15, 0.2) is 17.0 Å². The smallest absolute Gasteiger partial charge is 0.329 e. The molecule has 2 rings (SSSR count). The van der Waals surface area contributed by atoms with E-state index in [0.29, 0.717) is 31.3 Å². The Bertz CT molecular complexity index is 588. The number of nitrogens with one attached hydrogen (secondary N) is 2. The molecule has 21 heavy (non-hydrogen) atoms. The zero-order valence-corrected chi connectivity index (χ0v) is 11.4. The Hall–Kier alpha value is -2.78. The molecule has 2 heterocycles. The van der Waals surface area contributed by atoms with Gasteiger partial charge in [0, 0.05) is 19.5 Å². The van der Waals surface area contributed by atoms with Crippen molar-refractivity contribution in [2.75, 3.05) is 23.7 Å². The van der Waals surface area contributed by atoms with Crippen molar-refractivity contribution in [2.45, 2.75) is 19.8 Å². The standard InChI is InChI=1S/C11H15N7O3/c1-2-4-13-11-14-6-8(18(19)20)10(17-11)12-5-3-9-15-7-16-21-9/h6-7H,2-5H2,1H3,(H2,12,13,14,17). The lowest BCUT2D eigenvalue weighted by molar-refractivity contribution is -0.384. The van der Waals surface area contributed by atoms with Gasteiger partial charge in [0.25, 0.3) is 0 Å². The summed E-state index contributed by atoms with van der Waals surface area (Å²) in [6, 6.07) is 0. The molecule has 0 radical (unpaired) electrons. The quantitative estimate of drug-likeness (QED) is 0.544. The van der Waals surface area contributed by atoms with E-state index in [1.54, 1.807) is 0 Å². The lowest BCUT2D eigenvalue weighted by Gasteiger charge is -2.07. The molecule has 0 amide bonds. The molecule has 0 aliphatic carbocycles. The first-order valence-electron chi connectivity index (χ1n) is 6.45. The van der Waals surface area contributed by atoms with Crippen molar-refractivity contribution in [3.05, 3.63) is 28.5 Å². The highest BCUT2D eigenvalue weighted by Crippen LogP contribution is 2.21. The van der Waals surface area contributed by atoms with E-state index in [9.17, 15) is 10.1 Å². The summed E-state index contributed by atoms with van der Waals surface area (Å²) in [4.78, 5) is 22.3. The van der Waals surface area contributed by atoms with Crippen LogP contribution in [0.5, 0.6) is 0 Å². The maximum Gasteiger partial charge on any atom is 0.329 e. The minimum absolute atomic E-state index is 0.160. The fourth-order valence-electron chi connectivity index (χ4n) is 1.56. The Labute approximate surface area is 120 Å². The second-order valence-electron chi connectivity index (χ2n) is 4.12. The van der Waals surface area contributed by atoms with Crippen molar-refractivity contribution in [1.82, 2.24) is 20.1 Å². The molecule has 2 aromatic heterocycles. The number of anilines is 2. The molecule has 10 nitrogen and oxygen atoms in total. The SMILES string of the molecule is CCCNc1ncc([N+](=O)[O-])c(NCCc2ncno2)n1. The summed E-state index contributed by atoms with van der Waals surface area (Å²) in [6.45, 7) is 3.08. The van der Waals surface area contributed by atoms with Gasteiger partial charge in [-0.25, -0.2) is 4.98 Å². The Kier molecular flexibility index (Phi) is 4.96. The predicted octanol–water partition coefficient (Wildman–Crippen LogP) is 1.24. The van der Waals surface area contributed by atoms with Crippen LogP contribution in [-0.4, -0.2) is 38.1 Å². The van der Waals surface area contributed by atoms with Crippen LogP contribution >= 0.6 is 0 Å². The fourth-order valence-corrected chi connectivity index (χ4v) is 1.56. The van der Waals surface area contributed by atoms with Crippen molar-refractivity contribution in [3.8, 4) is 0 Å². The molecule has 0 saturated heterocycles. The number of nitro groups is 1. The number of aromatic nitrogens is 4. The van der Waals surface area contributed by atoms with Gasteiger partial charge in [0.1, 0.15) is 6.20 Å². The summed E-state index contributed by atoms with van der Waals surface area (Å²) in [5.74, 6) is 0.958. The molecule has 0 aromatic carbocycles. The highest BCUT2D eigenvalue weighted by Gasteiger charge is 2.17. The Morgan fingerprint density at radius 2 is 2.19 bits per heavy atom. The van der Waals surface area contributed by atoms with Gasteiger partial charge in [0.2, 0.25) is 17.7 Å². The van der Waals surface area contributed by atoms with Gasteiger partial charge in [-0.2, -0.15) is 9.97 Å². The molecule has 0 bridgehead atoms. The largest absolute Gasteiger partial charge is 0.364 e. The summed E-state index contributed by atoms with van der Waals surface area (Å²) >= 11 is 0. The van der Waals surface area contributed by atoms with Gasteiger partial charge in [-0.05, 0) is 6.42 Å². The third-order valence-corrected chi connectivity index (χ3v) is 2.54. The van der Waals surface area contributed by atoms with E-state index in [4.69, 9.17) is 4.52 Å². The Balaban J connectivity index is 2.04. The molecule has 0 unspecified atom stereocenters. The zero-order valence-electron chi connectivity index (χ0n) is 11.4. The molecular formula is C11H15N7O3. The lowest BCUT2D eigenvalue weighted by atomic mass is 10.4. The maximum atomic E-state index is 11.0. The number of rotatable bonds is 8. The second-order valence-corrected chi connectivity index (χ2v) is 4.12. The molecule has 0 spiro atoms. The van der Waals surface area contributed by atoms with Crippen LogP contribution in [0.2, 0.25) is 0 Å². The molecule has 112 valence electrons. The first-order valence-corrected chi connectivity index (χ1v) is 6.45. The maximum absolute atomic E-state index is 11.0. The topological polar surface area (TPSA) is 132 Å². The van der Waals surface area contributed by atoms with Gasteiger partial charge in [0.05, 0.1) is 4.92 Å². The number of nitrogens with zero attached hydrogens (tertiary/aromatic N) is 5. The fraction of sp³-hybridized carbons (Fsp3) is 0.455. The molecule has 2 N–H and O–H groups in total. The van der Waals surface area contributed by atoms with Crippen LogP contribution in [0.3, 0.4) is 0 Å². The minimum Gasteiger partial charge on any atom is -0.364 e. The Morgan fingerprint density at radius 1 is 1.33 bits per heavy atom. The van der Waals surface area contributed by atoms with Crippen molar-refractivity contribution >= 4 is 17.5 Å².